The van der Waals surface area contributed by atoms with Crippen molar-refractivity contribution >= 4 is 40.5 Å². The van der Waals surface area contributed by atoms with Crippen LogP contribution in [-0.4, -0.2) is 128 Å². The molecule has 0 aliphatic carbocycles. The molecule has 5 atom stereocenters. The molecule has 2 aromatic carbocycles. The van der Waals surface area contributed by atoms with Crippen LogP contribution in [0.4, 0.5) is 0 Å². The highest BCUT2D eigenvalue weighted by Crippen LogP contribution is 2.42. The quantitative estimate of drug-likeness (QED) is 0.136. The Labute approximate surface area is 391 Å². The van der Waals surface area contributed by atoms with Crippen molar-refractivity contribution in [2.45, 2.75) is 110 Å². The van der Waals surface area contributed by atoms with Gasteiger partial charge in [-0.2, -0.15) is 0 Å². The fraction of sp³-hybridized carbons (Fsp3) is 0.490. The second-order valence-electron chi connectivity index (χ2n) is 19.3. The number of hydrogen-bond acceptors (Lipinski definition) is 11. The third-order valence-corrected chi connectivity index (χ3v) is 13.4. The van der Waals surface area contributed by atoms with E-state index < -0.39 is 64.7 Å². The van der Waals surface area contributed by atoms with Crippen molar-refractivity contribution in [2.24, 2.45) is 11.3 Å². The van der Waals surface area contributed by atoms with Crippen LogP contribution in [0.5, 0.6) is 5.75 Å². The fourth-order valence-corrected chi connectivity index (χ4v) is 9.97. The van der Waals surface area contributed by atoms with Crippen molar-refractivity contribution in [1.82, 2.24) is 35.1 Å². The van der Waals surface area contributed by atoms with Crippen LogP contribution in [0.15, 0.2) is 54.9 Å². The average Bonchev–Trinajstić information content (AvgIpc) is 3.86. The van der Waals surface area contributed by atoms with Crippen LogP contribution < -0.4 is 10.7 Å². The lowest BCUT2D eigenvalue weighted by Gasteiger charge is -2.37. The van der Waals surface area contributed by atoms with Gasteiger partial charge in [0.1, 0.15) is 23.9 Å². The Morgan fingerprint density at radius 3 is 2.57 bits per heavy atom. The van der Waals surface area contributed by atoms with Crippen LogP contribution in [0.1, 0.15) is 83.6 Å². The summed E-state index contributed by atoms with van der Waals surface area (Å²) in [6.45, 7) is 12.4. The summed E-state index contributed by atoms with van der Waals surface area (Å²) in [6.07, 6.45) is 9.95. The molecule has 0 saturated carbocycles. The number of likely N-dealkylation sites (tertiary alicyclic amines) is 1. The Hall–Kier alpha value is -6.28. The molecule has 5 heterocycles. The van der Waals surface area contributed by atoms with Gasteiger partial charge in [-0.3, -0.25) is 34.0 Å². The number of fused-ring (bicyclic) bond motifs is 6. The van der Waals surface area contributed by atoms with Gasteiger partial charge < -0.3 is 39.4 Å². The number of aryl methyl sites for hydroxylation is 1. The number of esters is 1. The summed E-state index contributed by atoms with van der Waals surface area (Å²) in [6, 6.07) is 9.97. The van der Waals surface area contributed by atoms with E-state index in [4.69, 9.17) is 15.9 Å². The fourth-order valence-electron chi connectivity index (χ4n) is 9.97. The first kappa shape index (κ1) is 48.6. The number of aromatic hydroxyl groups is 1. The number of cyclic esters (lactones) is 1. The molecule has 0 unspecified atom stereocenters. The number of rotatable bonds is 9. The van der Waals surface area contributed by atoms with Crippen LogP contribution in [-0.2, 0) is 52.8 Å². The minimum absolute atomic E-state index is 0.0484. The summed E-state index contributed by atoms with van der Waals surface area (Å²) in [7, 11) is 3.08. The number of benzene rings is 2. The molecule has 3 aliphatic heterocycles. The lowest BCUT2D eigenvalue weighted by molar-refractivity contribution is -0.156. The SMILES string of the molecule is C#CC(=O)N1CC[C@](O)(C(=O)N(C)[C@H](C(=O)N[C@H]2Cc3cc(O)cc(c3)-c3ccc4c(c3)c(c(-c3cnccc3[C@H](C)OC)n4CC)CC(C)(C)COC(=O)[C@@H]3CCCN(N3)C2=O)C(C)C)C1. The van der Waals surface area contributed by atoms with Crippen molar-refractivity contribution in [1.29, 1.82) is 0 Å². The Kier molecular flexibility index (Phi) is 14.2. The van der Waals surface area contributed by atoms with Crippen molar-refractivity contribution in [2.75, 3.05) is 40.4 Å². The van der Waals surface area contributed by atoms with Crippen molar-refractivity contribution < 1.29 is 43.7 Å². The zero-order chi connectivity index (χ0) is 48.5. The van der Waals surface area contributed by atoms with Gasteiger partial charge in [-0.15, -0.1) is 6.42 Å². The highest BCUT2D eigenvalue weighted by Gasteiger charge is 2.48. The number of carbonyl (C=O) groups excluding carboxylic acids is 5. The first-order chi connectivity index (χ1) is 31.8. The number of ether oxygens (including phenoxy) is 2. The number of β-amino-alcohol motifs (C(OH)–C–C–N with tert-alkyl or cyclic N) is 1. The Balaban J connectivity index is 1.31. The Morgan fingerprint density at radius 1 is 1.10 bits per heavy atom. The van der Waals surface area contributed by atoms with Gasteiger partial charge in [0, 0.05) is 80.9 Å². The number of aromatic nitrogens is 2. The maximum absolute atomic E-state index is 14.7. The summed E-state index contributed by atoms with van der Waals surface area (Å²) < 4.78 is 14.2. The van der Waals surface area contributed by atoms with Crippen LogP contribution in [0, 0.1) is 23.7 Å². The number of nitrogens with zero attached hydrogens (tertiary/aromatic N) is 5. The number of methoxy groups -OCH3 is 1. The number of nitrogens with one attached hydrogen (secondary N) is 2. The first-order valence-corrected chi connectivity index (χ1v) is 23.0. The molecule has 2 saturated heterocycles. The first-order valence-electron chi connectivity index (χ1n) is 23.0. The van der Waals surface area contributed by atoms with Gasteiger partial charge in [0.05, 0.1) is 24.9 Å². The normalized spacial score (nSPS) is 21.9. The number of likely N-dealkylation sites (N-methyl/N-ethyl adjacent to an activating group) is 1. The van der Waals surface area contributed by atoms with E-state index in [9.17, 15) is 34.2 Å². The minimum Gasteiger partial charge on any atom is -0.508 e. The van der Waals surface area contributed by atoms with Gasteiger partial charge in [-0.25, -0.2) is 5.43 Å². The smallest absolute Gasteiger partial charge is 0.324 e. The van der Waals surface area contributed by atoms with E-state index in [1.165, 1.54) is 17.0 Å². The van der Waals surface area contributed by atoms with Crippen LogP contribution >= 0.6 is 0 Å². The maximum atomic E-state index is 14.7. The van der Waals surface area contributed by atoms with E-state index in [1.54, 1.807) is 39.3 Å². The van der Waals surface area contributed by atoms with Gasteiger partial charge in [0.15, 0.2) is 5.60 Å². The molecule has 2 fully saturated rings. The Bertz CT molecular complexity index is 2620. The van der Waals surface area contributed by atoms with Crippen molar-refractivity contribution in [3.8, 4) is 40.5 Å². The Morgan fingerprint density at radius 2 is 1.87 bits per heavy atom. The lowest BCUT2D eigenvalue weighted by Crippen LogP contribution is -2.63. The largest absolute Gasteiger partial charge is 0.508 e. The maximum Gasteiger partial charge on any atom is 0.324 e. The molecule has 4 amide bonds. The molecule has 2 aromatic heterocycles. The molecule has 0 radical (unpaired) electrons. The molecule has 356 valence electrons. The van der Waals surface area contributed by atoms with E-state index in [1.807, 2.05) is 37.2 Å². The molecular formula is C51H63N7O9. The highest BCUT2D eigenvalue weighted by atomic mass is 16.5. The standard InChI is InChI=1S/C51H63N7O9/c1-10-43(60)56-20-17-51(65,28-56)49(64)55(8)44(30(3)4)46(61)53-41-23-32-21-34(24-35(59)22-32)33-14-15-42-37(25-33)38(45(57(42)11-2)39-27-52-18-16-36(39)31(5)66-9)26-50(6,7)29-67-48(63)40-13-12-19-58(54-40)47(41)62/h1,14-16,18,21-22,24-25,27,30-31,40-41,44,54,59,65H,11-13,17,19-20,23,26,28-29H2,2-9H3,(H,53,61)/t31-,40-,41-,44-,51+/m0/s1. The number of amides is 4. The van der Waals surface area contributed by atoms with Crippen molar-refractivity contribution in [3.63, 3.8) is 0 Å². The summed E-state index contributed by atoms with van der Waals surface area (Å²) >= 11 is 0. The van der Waals surface area contributed by atoms with Gasteiger partial charge in [0.25, 0.3) is 17.7 Å². The molecule has 16 nitrogen and oxygen atoms in total. The lowest BCUT2D eigenvalue weighted by atomic mass is 9.84. The average molecular weight is 918 g/mol. The van der Waals surface area contributed by atoms with E-state index >= 15 is 0 Å². The summed E-state index contributed by atoms with van der Waals surface area (Å²) in [5.74, 6) is -1.66. The van der Waals surface area contributed by atoms with E-state index in [2.05, 4.69) is 53.2 Å². The summed E-state index contributed by atoms with van der Waals surface area (Å²) in [4.78, 5) is 76.3. The van der Waals surface area contributed by atoms with E-state index in [-0.39, 0.29) is 50.9 Å². The van der Waals surface area contributed by atoms with Gasteiger partial charge in [-0.05, 0) is 103 Å². The molecule has 4 aromatic rings. The third kappa shape index (κ3) is 9.91. The van der Waals surface area contributed by atoms with Crippen LogP contribution in [0.25, 0.3) is 33.3 Å². The van der Waals surface area contributed by atoms with E-state index in [0.29, 0.717) is 36.9 Å². The molecule has 6 bridgehead atoms. The molecular weight excluding hydrogens is 855 g/mol. The zero-order valence-corrected chi connectivity index (χ0v) is 39.7. The number of pyridine rings is 1. The number of phenolic OH excluding ortho intramolecular Hbond substituents is 1. The molecule has 3 aliphatic rings. The molecule has 16 heteroatoms. The second-order valence-corrected chi connectivity index (χ2v) is 19.3. The zero-order valence-electron chi connectivity index (χ0n) is 39.7. The number of terminal acetylenes is 1. The van der Waals surface area contributed by atoms with Gasteiger partial charge in [-0.1, -0.05) is 39.8 Å². The summed E-state index contributed by atoms with van der Waals surface area (Å²) in [5, 5.41) is 28.0. The predicted molar refractivity (Wildman–Crippen MR) is 252 cm³/mol. The van der Waals surface area contributed by atoms with Crippen LogP contribution in [0.2, 0.25) is 0 Å². The number of carbonyl (C=O) groups is 5. The van der Waals surface area contributed by atoms with Crippen LogP contribution in [0.3, 0.4) is 0 Å². The van der Waals surface area contributed by atoms with Crippen molar-refractivity contribution in [3.05, 3.63) is 71.5 Å². The molecule has 0 spiro atoms. The number of hydrazine groups is 1. The molecule has 4 N–H and O–H groups in total. The monoisotopic (exact) mass is 917 g/mol. The van der Waals surface area contributed by atoms with Gasteiger partial charge in [0.2, 0.25) is 5.91 Å². The number of hydrogen-bond donors (Lipinski definition) is 4. The van der Waals surface area contributed by atoms with E-state index in [0.717, 1.165) is 43.8 Å². The topological polar surface area (TPSA) is 196 Å². The second kappa shape index (κ2) is 19.5. The summed E-state index contributed by atoms with van der Waals surface area (Å²) in [5.41, 5.74) is 7.47. The number of aliphatic hydroxyl groups is 1. The third-order valence-electron chi connectivity index (χ3n) is 13.4. The molecule has 7 rings (SSSR count). The number of phenols is 1. The predicted octanol–water partition coefficient (Wildman–Crippen LogP) is 4.53. The highest BCUT2D eigenvalue weighted by molar-refractivity contribution is 5.98. The minimum atomic E-state index is -1.98. The molecule has 67 heavy (non-hydrogen) atoms. The van der Waals surface area contributed by atoms with Gasteiger partial charge >= 0.3 is 5.97 Å².